The van der Waals surface area contributed by atoms with Crippen LogP contribution in [0.2, 0.25) is 5.02 Å². The molecule has 0 saturated carbocycles. The van der Waals surface area contributed by atoms with Gasteiger partial charge in [0.15, 0.2) is 0 Å². The molecule has 0 atom stereocenters. The molecule has 5 nitrogen and oxygen atoms in total. The van der Waals surface area contributed by atoms with E-state index in [9.17, 15) is 10.1 Å². The minimum absolute atomic E-state index is 0.00111. The van der Waals surface area contributed by atoms with Gasteiger partial charge in [-0.05, 0) is 40.6 Å². The van der Waals surface area contributed by atoms with Gasteiger partial charge < -0.3 is 14.8 Å². The summed E-state index contributed by atoms with van der Waals surface area (Å²) in [6.45, 7) is 1.02. The first kappa shape index (κ1) is 21.4. The summed E-state index contributed by atoms with van der Waals surface area (Å²) in [5, 5.41) is 14.8. The molecule has 6 heteroatoms. The molecule has 0 heterocycles. The quantitative estimate of drug-likeness (QED) is 0.324. The summed E-state index contributed by atoms with van der Waals surface area (Å²) >= 11 is 5.94. The number of nitrogens with one attached hydrogen (secondary N) is 1. The lowest BCUT2D eigenvalue weighted by Gasteiger charge is -2.13. The number of amides is 1. The van der Waals surface area contributed by atoms with Crippen LogP contribution in [0.5, 0.6) is 5.75 Å². The largest absolute Gasteiger partial charge is 0.488 e. The number of nitriles is 1. The van der Waals surface area contributed by atoms with Gasteiger partial charge >= 0.3 is 0 Å². The van der Waals surface area contributed by atoms with E-state index in [-0.39, 0.29) is 5.57 Å². The lowest BCUT2D eigenvalue weighted by molar-refractivity contribution is -0.117. The van der Waals surface area contributed by atoms with Crippen LogP contribution in [0, 0.1) is 11.3 Å². The van der Waals surface area contributed by atoms with E-state index >= 15 is 0 Å². The molecule has 0 aliphatic carbocycles. The second kappa shape index (κ2) is 10.4. The SMILES string of the molecule is COCCNC(=O)/C(C#N)=C/c1c(OCc2ccc(Cl)cc2)ccc2ccccc12. The molecule has 152 valence electrons. The number of benzene rings is 3. The second-order valence-corrected chi connectivity index (χ2v) is 6.97. The van der Waals surface area contributed by atoms with Gasteiger partial charge in [0.05, 0.1) is 6.61 Å². The number of carbonyl (C=O) groups is 1. The second-order valence-electron chi connectivity index (χ2n) is 6.53. The van der Waals surface area contributed by atoms with E-state index < -0.39 is 5.91 Å². The van der Waals surface area contributed by atoms with Gasteiger partial charge in [-0.15, -0.1) is 0 Å². The molecule has 1 amide bonds. The normalized spacial score (nSPS) is 11.2. The molecule has 30 heavy (non-hydrogen) atoms. The fraction of sp³-hybridized carbons (Fsp3) is 0.167. The highest BCUT2D eigenvalue weighted by molar-refractivity contribution is 6.30. The van der Waals surface area contributed by atoms with E-state index in [1.54, 1.807) is 25.3 Å². The third-order valence-corrected chi connectivity index (χ3v) is 4.74. The third-order valence-electron chi connectivity index (χ3n) is 4.48. The summed E-state index contributed by atoms with van der Waals surface area (Å²) in [6.07, 6.45) is 1.57. The van der Waals surface area contributed by atoms with Gasteiger partial charge in [0.2, 0.25) is 0 Å². The summed E-state index contributed by atoms with van der Waals surface area (Å²) in [6, 6.07) is 20.9. The number of carbonyl (C=O) groups excluding carboxylic acids is 1. The van der Waals surface area contributed by atoms with E-state index in [1.165, 1.54) is 0 Å². The Labute approximate surface area is 180 Å². The number of nitrogens with zero attached hydrogens (tertiary/aromatic N) is 1. The molecular weight excluding hydrogens is 400 g/mol. The molecule has 0 aliphatic heterocycles. The standard InChI is InChI=1S/C24H21ClN2O3/c1-29-13-12-27-24(28)19(15-26)14-22-21-5-3-2-4-18(21)8-11-23(22)30-16-17-6-9-20(25)10-7-17/h2-11,14H,12-13,16H2,1H3,(H,27,28)/b19-14+. The Morgan fingerprint density at radius 1 is 1.13 bits per heavy atom. The monoisotopic (exact) mass is 420 g/mol. The van der Waals surface area contributed by atoms with E-state index in [2.05, 4.69) is 5.32 Å². The Morgan fingerprint density at radius 3 is 2.63 bits per heavy atom. The summed E-state index contributed by atoms with van der Waals surface area (Å²) in [5.74, 6) is 0.132. The van der Waals surface area contributed by atoms with Crippen LogP contribution < -0.4 is 10.1 Å². The summed E-state index contributed by atoms with van der Waals surface area (Å²) in [4.78, 5) is 12.4. The fourth-order valence-electron chi connectivity index (χ4n) is 2.95. The Balaban J connectivity index is 1.95. The molecule has 0 unspecified atom stereocenters. The maximum absolute atomic E-state index is 12.4. The Hall–Kier alpha value is -3.33. The van der Waals surface area contributed by atoms with Crippen LogP contribution in [0.1, 0.15) is 11.1 Å². The molecule has 1 N–H and O–H groups in total. The van der Waals surface area contributed by atoms with E-state index in [4.69, 9.17) is 21.1 Å². The molecule has 3 rings (SSSR count). The van der Waals surface area contributed by atoms with Gasteiger partial charge in [-0.25, -0.2) is 0 Å². The van der Waals surface area contributed by atoms with Crippen LogP contribution in [0.4, 0.5) is 0 Å². The minimum atomic E-state index is -0.453. The van der Waals surface area contributed by atoms with Gasteiger partial charge in [-0.3, -0.25) is 4.79 Å². The molecule has 0 radical (unpaired) electrons. The van der Waals surface area contributed by atoms with Gasteiger partial charge in [0.1, 0.15) is 24.0 Å². The first-order valence-electron chi connectivity index (χ1n) is 9.40. The highest BCUT2D eigenvalue weighted by Gasteiger charge is 2.13. The van der Waals surface area contributed by atoms with Crippen molar-refractivity contribution in [2.24, 2.45) is 0 Å². The van der Waals surface area contributed by atoms with Gasteiger partial charge in [-0.2, -0.15) is 5.26 Å². The van der Waals surface area contributed by atoms with Crippen molar-refractivity contribution < 1.29 is 14.3 Å². The first-order chi connectivity index (χ1) is 14.6. The third kappa shape index (κ3) is 5.38. The number of halogens is 1. The molecule has 3 aromatic carbocycles. The first-order valence-corrected chi connectivity index (χ1v) is 9.78. The highest BCUT2D eigenvalue weighted by Crippen LogP contribution is 2.31. The average Bonchev–Trinajstić information content (AvgIpc) is 2.77. The molecule has 0 spiro atoms. The molecule has 0 bridgehead atoms. The fourth-order valence-corrected chi connectivity index (χ4v) is 3.07. The predicted octanol–water partition coefficient (Wildman–Crippen LogP) is 4.74. The number of ether oxygens (including phenoxy) is 2. The predicted molar refractivity (Wildman–Crippen MR) is 118 cm³/mol. The molecule has 0 fully saturated rings. The van der Waals surface area contributed by atoms with E-state index in [0.29, 0.717) is 36.1 Å². The smallest absolute Gasteiger partial charge is 0.262 e. The topological polar surface area (TPSA) is 71.3 Å². The van der Waals surface area contributed by atoms with Gasteiger partial charge in [0.25, 0.3) is 5.91 Å². The van der Waals surface area contributed by atoms with Gasteiger partial charge in [-0.1, -0.05) is 54.1 Å². The van der Waals surface area contributed by atoms with Crippen molar-refractivity contribution >= 4 is 34.4 Å². The van der Waals surface area contributed by atoms with Crippen LogP contribution in [-0.2, 0) is 16.1 Å². The minimum Gasteiger partial charge on any atom is -0.488 e. The van der Waals surface area contributed by atoms with Crippen LogP contribution in [0.25, 0.3) is 16.8 Å². The van der Waals surface area contributed by atoms with Crippen molar-refractivity contribution in [3.05, 3.63) is 82.4 Å². The van der Waals surface area contributed by atoms with Crippen molar-refractivity contribution in [1.82, 2.24) is 5.32 Å². The number of hydrogen-bond acceptors (Lipinski definition) is 4. The number of fused-ring (bicyclic) bond motifs is 1. The van der Waals surface area contributed by atoms with Crippen LogP contribution >= 0.6 is 11.6 Å². The van der Waals surface area contributed by atoms with E-state index in [0.717, 1.165) is 16.3 Å². The maximum atomic E-state index is 12.4. The molecule has 3 aromatic rings. The number of methoxy groups -OCH3 is 1. The molecular formula is C24H21ClN2O3. The van der Waals surface area contributed by atoms with Crippen molar-refractivity contribution in [2.45, 2.75) is 6.61 Å². The lowest BCUT2D eigenvalue weighted by Crippen LogP contribution is -2.27. The number of rotatable bonds is 8. The highest BCUT2D eigenvalue weighted by atomic mass is 35.5. The van der Waals surface area contributed by atoms with Crippen molar-refractivity contribution in [3.8, 4) is 11.8 Å². The molecule has 0 aromatic heterocycles. The van der Waals surface area contributed by atoms with Crippen molar-refractivity contribution in [2.75, 3.05) is 20.3 Å². The summed E-state index contributed by atoms with van der Waals surface area (Å²) in [7, 11) is 1.55. The van der Waals surface area contributed by atoms with Crippen LogP contribution in [-0.4, -0.2) is 26.2 Å². The van der Waals surface area contributed by atoms with Crippen LogP contribution in [0.15, 0.2) is 66.2 Å². The van der Waals surface area contributed by atoms with Crippen molar-refractivity contribution in [1.29, 1.82) is 5.26 Å². The summed E-state index contributed by atoms with van der Waals surface area (Å²) in [5.41, 5.74) is 1.64. The molecule has 0 aliphatic rings. The van der Waals surface area contributed by atoms with E-state index in [1.807, 2.05) is 54.6 Å². The maximum Gasteiger partial charge on any atom is 0.262 e. The van der Waals surface area contributed by atoms with Crippen LogP contribution in [0.3, 0.4) is 0 Å². The Morgan fingerprint density at radius 2 is 1.90 bits per heavy atom. The number of hydrogen-bond donors (Lipinski definition) is 1. The zero-order valence-corrected chi connectivity index (χ0v) is 17.3. The van der Waals surface area contributed by atoms with Crippen molar-refractivity contribution in [3.63, 3.8) is 0 Å². The zero-order valence-electron chi connectivity index (χ0n) is 16.5. The zero-order chi connectivity index (χ0) is 21.3. The van der Waals surface area contributed by atoms with Gasteiger partial charge in [0, 0.05) is 24.2 Å². The lowest BCUT2D eigenvalue weighted by atomic mass is 10.0. The summed E-state index contributed by atoms with van der Waals surface area (Å²) < 4.78 is 11.0. The average molecular weight is 421 g/mol. The Bertz CT molecular complexity index is 1100. The molecule has 0 saturated heterocycles. The Kier molecular flexibility index (Phi) is 7.45.